The number of hydrogen-bond donors (Lipinski definition) is 1. The van der Waals surface area contributed by atoms with Gasteiger partial charge in [0.25, 0.3) is 0 Å². The maximum Gasteiger partial charge on any atom is 0.435 e. The largest absolute Gasteiger partial charge is 0.442 e. The van der Waals surface area contributed by atoms with Gasteiger partial charge in [-0.2, -0.15) is 9.78 Å². The second kappa shape index (κ2) is 12.1. The van der Waals surface area contributed by atoms with E-state index in [4.69, 9.17) is 14.7 Å². The molecular weight excluding hydrogens is 554 g/mol. The molecule has 0 atom stereocenters. The topological polar surface area (TPSA) is 105 Å². The van der Waals surface area contributed by atoms with Gasteiger partial charge in [-0.05, 0) is 69.8 Å². The van der Waals surface area contributed by atoms with Crippen molar-refractivity contribution in [1.82, 2.24) is 29.5 Å². The van der Waals surface area contributed by atoms with Crippen molar-refractivity contribution >= 4 is 45.2 Å². The smallest absolute Gasteiger partial charge is 0.435 e. The van der Waals surface area contributed by atoms with Crippen LogP contribution in [0.3, 0.4) is 0 Å². The molecule has 0 radical (unpaired) electrons. The lowest BCUT2D eigenvalue weighted by Crippen LogP contribution is -2.46. The number of aromatic nitrogens is 4. The average Bonchev–Trinajstić information content (AvgIpc) is 3.41. The van der Waals surface area contributed by atoms with Crippen LogP contribution in [0.15, 0.2) is 72.9 Å². The van der Waals surface area contributed by atoms with Gasteiger partial charge in [-0.1, -0.05) is 30.3 Å². The van der Waals surface area contributed by atoms with Gasteiger partial charge >= 0.3 is 6.09 Å². The number of fused-ring (bicyclic) bond motifs is 2. The third-order valence-electron chi connectivity index (χ3n) is 7.58. The number of ether oxygens (including phenoxy) is 1. The third-order valence-corrected chi connectivity index (χ3v) is 7.58. The quantitative estimate of drug-likeness (QED) is 0.261. The van der Waals surface area contributed by atoms with Crippen LogP contribution >= 0.6 is 0 Å². The van der Waals surface area contributed by atoms with Crippen LogP contribution in [0.4, 0.5) is 16.3 Å². The first-order chi connectivity index (χ1) is 21.1. The molecule has 226 valence electrons. The number of Topliss-reactive ketones (excluding diaryl/α,β-unsaturated/α-hetero) is 1. The van der Waals surface area contributed by atoms with Crippen LogP contribution in [0.1, 0.15) is 26.3 Å². The van der Waals surface area contributed by atoms with E-state index in [1.807, 2.05) is 87.5 Å². The molecule has 0 saturated carbocycles. The number of para-hydroxylation sites is 1. The van der Waals surface area contributed by atoms with Gasteiger partial charge in [0, 0.05) is 54.6 Å². The molecule has 5 aromatic rings. The van der Waals surface area contributed by atoms with Gasteiger partial charge in [0.2, 0.25) is 0 Å². The number of ketones is 1. The lowest BCUT2D eigenvalue weighted by Gasteiger charge is -2.31. The number of nitrogens with one attached hydrogen (secondary N) is 1. The van der Waals surface area contributed by atoms with Crippen LogP contribution in [0.5, 0.6) is 0 Å². The van der Waals surface area contributed by atoms with Crippen molar-refractivity contribution in [3.8, 4) is 11.4 Å². The minimum atomic E-state index is -0.623. The van der Waals surface area contributed by atoms with E-state index in [0.717, 1.165) is 59.3 Å². The van der Waals surface area contributed by atoms with Crippen LogP contribution in [-0.4, -0.2) is 86.8 Å². The van der Waals surface area contributed by atoms with Crippen LogP contribution < -0.4 is 5.32 Å². The number of benzene rings is 3. The Labute approximate surface area is 256 Å². The second-order valence-corrected chi connectivity index (χ2v) is 12.3. The second-order valence-electron chi connectivity index (χ2n) is 12.3. The predicted molar refractivity (Wildman–Crippen MR) is 172 cm³/mol. The summed E-state index contributed by atoms with van der Waals surface area (Å²) >= 11 is 0. The molecule has 1 aliphatic rings. The third kappa shape index (κ3) is 6.77. The first-order valence-corrected chi connectivity index (χ1v) is 14.9. The molecule has 1 saturated heterocycles. The predicted octanol–water partition coefficient (Wildman–Crippen LogP) is 5.53. The first kappa shape index (κ1) is 29.4. The fourth-order valence-corrected chi connectivity index (χ4v) is 5.36. The Morgan fingerprint density at radius 2 is 1.73 bits per heavy atom. The molecule has 6 rings (SSSR count). The highest BCUT2D eigenvalue weighted by atomic mass is 16.6. The molecule has 10 heteroatoms. The highest BCUT2D eigenvalue weighted by Gasteiger charge is 2.21. The maximum absolute atomic E-state index is 12.9. The maximum atomic E-state index is 12.9. The minimum Gasteiger partial charge on any atom is -0.442 e. The van der Waals surface area contributed by atoms with E-state index in [2.05, 4.69) is 27.3 Å². The van der Waals surface area contributed by atoms with Crippen LogP contribution in [0.2, 0.25) is 0 Å². The molecule has 10 nitrogen and oxygen atoms in total. The summed E-state index contributed by atoms with van der Waals surface area (Å²) in [4.78, 5) is 39.8. The lowest BCUT2D eigenvalue weighted by molar-refractivity contribution is -0.119. The number of piperazine rings is 1. The summed E-state index contributed by atoms with van der Waals surface area (Å²) in [7, 11) is 2.11. The highest BCUT2D eigenvalue weighted by molar-refractivity contribution is 5.94. The summed E-state index contributed by atoms with van der Waals surface area (Å²) in [5.41, 5.74) is 3.41. The highest BCUT2D eigenvalue weighted by Crippen LogP contribution is 2.29. The SMILES string of the molecule is CN1CCN(CC(=O)Cc2cccc(-c3nc(Nc4ccc5c(cnn5C(=O)OC(C)(C)C)c4)c4ccccc4n3)c2)CC1. The summed E-state index contributed by atoms with van der Waals surface area (Å²) in [6, 6.07) is 21.4. The Hall–Kier alpha value is -4.67. The molecular formula is C34H37N7O3. The van der Waals surface area contributed by atoms with Gasteiger partial charge in [-0.25, -0.2) is 14.8 Å². The van der Waals surface area contributed by atoms with Crippen molar-refractivity contribution in [2.75, 3.05) is 45.1 Å². The number of rotatable bonds is 7. The molecule has 0 unspecified atom stereocenters. The van der Waals surface area contributed by atoms with Crippen molar-refractivity contribution in [3.05, 3.63) is 78.5 Å². The average molecular weight is 592 g/mol. The molecule has 1 N–H and O–H groups in total. The normalized spacial score (nSPS) is 14.6. The van der Waals surface area contributed by atoms with E-state index < -0.39 is 11.7 Å². The molecule has 0 bridgehead atoms. The van der Waals surface area contributed by atoms with Gasteiger partial charge in [-0.3, -0.25) is 9.69 Å². The zero-order valence-corrected chi connectivity index (χ0v) is 25.6. The number of hydrogen-bond acceptors (Lipinski definition) is 9. The van der Waals surface area contributed by atoms with Crippen molar-refractivity contribution in [3.63, 3.8) is 0 Å². The fourth-order valence-electron chi connectivity index (χ4n) is 5.36. The van der Waals surface area contributed by atoms with E-state index in [9.17, 15) is 9.59 Å². The lowest BCUT2D eigenvalue weighted by atomic mass is 10.0. The Kier molecular flexibility index (Phi) is 8.11. The molecule has 1 fully saturated rings. The molecule has 0 aliphatic carbocycles. The van der Waals surface area contributed by atoms with Crippen LogP contribution in [0, 0.1) is 0 Å². The summed E-state index contributed by atoms with van der Waals surface area (Å²) in [5.74, 6) is 1.43. The Balaban J connectivity index is 1.24. The zero-order valence-electron chi connectivity index (χ0n) is 25.6. The Morgan fingerprint density at radius 3 is 2.52 bits per heavy atom. The molecule has 2 aromatic heterocycles. The molecule has 3 heterocycles. The summed E-state index contributed by atoms with van der Waals surface area (Å²) in [6.45, 7) is 9.76. The molecule has 0 amide bonds. The number of anilines is 2. The molecule has 0 spiro atoms. The standard InChI is InChI=1S/C34H37N7O3/c1-34(2,3)44-33(43)41-30-13-12-26(20-25(30)21-35-41)36-32-28-10-5-6-11-29(28)37-31(38-32)24-9-7-8-23(18-24)19-27(42)22-40-16-14-39(4)15-17-40/h5-13,18,20-21H,14-17,19,22H2,1-4H3,(H,36,37,38). The van der Waals surface area contributed by atoms with Gasteiger partial charge < -0.3 is 15.0 Å². The Bertz CT molecular complexity index is 1830. The monoisotopic (exact) mass is 591 g/mol. The molecule has 1 aliphatic heterocycles. The minimum absolute atomic E-state index is 0.207. The summed E-state index contributed by atoms with van der Waals surface area (Å²) < 4.78 is 6.76. The van der Waals surface area contributed by atoms with Crippen LogP contribution in [-0.2, 0) is 16.0 Å². The van der Waals surface area contributed by atoms with E-state index in [-0.39, 0.29) is 5.78 Å². The van der Waals surface area contributed by atoms with Crippen molar-refractivity contribution in [2.24, 2.45) is 0 Å². The van der Waals surface area contributed by atoms with E-state index in [1.54, 1.807) is 6.20 Å². The van der Waals surface area contributed by atoms with Crippen molar-refractivity contribution in [1.29, 1.82) is 0 Å². The van der Waals surface area contributed by atoms with Crippen molar-refractivity contribution in [2.45, 2.75) is 32.8 Å². The van der Waals surface area contributed by atoms with Gasteiger partial charge in [0.05, 0.1) is 23.8 Å². The molecule has 44 heavy (non-hydrogen) atoms. The zero-order chi connectivity index (χ0) is 30.8. The number of likely N-dealkylation sites (N-methyl/N-ethyl adjacent to an activating group) is 1. The van der Waals surface area contributed by atoms with E-state index >= 15 is 0 Å². The Morgan fingerprint density at radius 1 is 0.932 bits per heavy atom. The first-order valence-electron chi connectivity index (χ1n) is 14.9. The van der Waals surface area contributed by atoms with Crippen LogP contribution in [0.25, 0.3) is 33.2 Å². The van der Waals surface area contributed by atoms with E-state index in [0.29, 0.717) is 30.1 Å². The number of carbonyl (C=O) groups excluding carboxylic acids is 2. The van der Waals surface area contributed by atoms with Crippen molar-refractivity contribution < 1.29 is 14.3 Å². The van der Waals surface area contributed by atoms with Gasteiger partial charge in [-0.15, -0.1) is 0 Å². The van der Waals surface area contributed by atoms with Gasteiger partial charge in [0.15, 0.2) is 11.6 Å². The summed E-state index contributed by atoms with van der Waals surface area (Å²) in [5, 5.41) is 9.37. The van der Waals surface area contributed by atoms with Gasteiger partial charge in [0.1, 0.15) is 11.4 Å². The van der Waals surface area contributed by atoms with E-state index in [1.165, 1.54) is 4.68 Å². The number of nitrogens with zero attached hydrogens (tertiary/aromatic N) is 6. The molecule has 3 aromatic carbocycles. The number of carbonyl (C=O) groups is 2. The summed E-state index contributed by atoms with van der Waals surface area (Å²) in [6.07, 6.45) is 1.49. The fraction of sp³-hybridized carbons (Fsp3) is 0.324.